The van der Waals surface area contributed by atoms with Gasteiger partial charge in [-0.25, -0.2) is 4.79 Å². The Balaban J connectivity index is 1.31. The molecule has 3 N–H and O–H groups in total. The van der Waals surface area contributed by atoms with E-state index in [2.05, 4.69) is 15.6 Å². The summed E-state index contributed by atoms with van der Waals surface area (Å²) in [6, 6.07) is 12.7. The van der Waals surface area contributed by atoms with E-state index in [1.165, 1.54) is 4.90 Å². The topological polar surface area (TPSA) is 94.3 Å². The first-order chi connectivity index (χ1) is 14.9. The van der Waals surface area contributed by atoms with E-state index in [1.54, 1.807) is 0 Å². The molecule has 0 saturated carbocycles. The van der Waals surface area contributed by atoms with Gasteiger partial charge in [-0.3, -0.25) is 14.5 Å². The monoisotopic (exact) mass is 418 g/mol. The summed E-state index contributed by atoms with van der Waals surface area (Å²) in [7, 11) is 0. The number of hydrogen-bond acceptors (Lipinski definition) is 3. The van der Waals surface area contributed by atoms with Gasteiger partial charge < -0.3 is 15.6 Å². The van der Waals surface area contributed by atoms with Crippen molar-refractivity contribution in [1.82, 2.24) is 15.2 Å². The zero-order chi connectivity index (χ0) is 22.0. The summed E-state index contributed by atoms with van der Waals surface area (Å²) in [5.41, 5.74) is 4.97. The van der Waals surface area contributed by atoms with Crippen molar-refractivity contribution in [2.75, 3.05) is 11.9 Å². The Labute approximate surface area is 180 Å². The average Bonchev–Trinajstić information content (AvgIpc) is 3.24. The predicted octanol–water partition coefficient (Wildman–Crippen LogP) is 3.67. The van der Waals surface area contributed by atoms with Gasteiger partial charge in [-0.15, -0.1) is 0 Å². The Morgan fingerprint density at radius 1 is 1.10 bits per heavy atom. The third-order valence-corrected chi connectivity index (χ3v) is 5.55. The lowest BCUT2D eigenvalue weighted by molar-refractivity contribution is -0.127. The number of rotatable bonds is 7. The van der Waals surface area contributed by atoms with Crippen molar-refractivity contribution >= 4 is 34.4 Å². The number of para-hydroxylation sites is 1. The van der Waals surface area contributed by atoms with Gasteiger partial charge in [0.2, 0.25) is 5.91 Å². The fourth-order valence-electron chi connectivity index (χ4n) is 4.10. The lowest BCUT2D eigenvalue weighted by atomic mass is 10.1. The smallest absolute Gasteiger partial charge is 0.324 e. The van der Waals surface area contributed by atoms with Crippen LogP contribution in [0.3, 0.4) is 0 Å². The zero-order valence-corrected chi connectivity index (χ0v) is 17.7. The summed E-state index contributed by atoms with van der Waals surface area (Å²) in [5.74, 6) is -0.451. The van der Waals surface area contributed by atoms with Crippen molar-refractivity contribution in [3.63, 3.8) is 0 Å². The van der Waals surface area contributed by atoms with Gasteiger partial charge in [-0.05, 0) is 61.6 Å². The molecule has 0 bridgehead atoms. The number of fused-ring (bicyclic) bond motifs is 1. The van der Waals surface area contributed by atoms with Crippen LogP contribution in [0.4, 0.5) is 10.5 Å². The fraction of sp³-hybridized carbons (Fsp3) is 0.292. The van der Waals surface area contributed by atoms with E-state index in [0.717, 1.165) is 33.3 Å². The van der Waals surface area contributed by atoms with Crippen molar-refractivity contribution in [3.05, 3.63) is 65.4 Å². The van der Waals surface area contributed by atoms with Gasteiger partial charge in [-0.1, -0.05) is 24.3 Å². The quantitative estimate of drug-likeness (QED) is 0.511. The number of carbonyl (C=O) groups is 3. The number of hydrogen-bond donors (Lipinski definition) is 3. The highest BCUT2D eigenvalue weighted by Gasteiger charge is 2.37. The van der Waals surface area contributed by atoms with E-state index in [1.807, 2.05) is 62.5 Å². The van der Waals surface area contributed by atoms with Gasteiger partial charge in [0.1, 0.15) is 6.04 Å². The average molecular weight is 418 g/mol. The summed E-state index contributed by atoms with van der Waals surface area (Å²) >= 11 is 0. The van der Waals surface area contributed by atoms with Gasteiger partial charge in [-0.2, -0.15) is 0 Å². The summed E-state index contributed by atoms with van der Waals surface area (Å²) in [6.07, 6.45) is 2.91. The van der Waals surface area contributed by atoms with Crippen LogP contribution in [0.2, 0.25) is 0 Å². The van der Waals surface area contributed by atoms with Crippen molar-refractivity contribution in [1.29, 1.82) is 0 Å². The van der Waals surface area contributed by atoms with E-state index in [-0.39, 0.29) is 24.7 Å². The number of aromatic amines is 1. The minimum Gasteiger partial charge on any atom is -0.361 e. The Hall–Kier alpha value is -3.61. The minimum atomic E-state index is -0.666. The van der Waals surface area contributed by atoms with Gasteiger partial charge in [0, 0.05) is 35.8 Å². The SMILES string of the molecule is Cc1cc(C)cc(NC(=O)CC[C@H]2NC(=O)N(CCc3c[nH]c4ccccc34)C2=O)c1. The Bertz CT molecular complexity index is 1130. The molecule has 0 radical (unpaired) electrons. The Morgan fingerprint density at radius 3 is 2.61 bits per heavy atom. The van der Waals surface area contributed by atoms with Gasteiger partial charge in [0.25, 0.3) is 5.91 Å². The second-order valence-corrected chi connectivity index (χ2v) is 8.06. The first-order valence-corrected chi connectivity index (χ1v) is 10.5. The van der Waals surface area contributed by atoms with E-state index in [4.69, 9.17) is 0 Å². The van der Waals surface area contributed by atoms with Crippen LogP contribution in [0.15, 0.2) is 48.7 Å². The molecule has 4 rings (SSSR count). The number of benzene rings is 2. The fourth-order valence-corrected chi connectivity index (χ4v) is 4.10. The number of aryl methyl sites for hydroxylation is 2. The van der Waals surface area contributed by atoms with Crippen LogP contribution in [0.1, 0.15) is 29.5 Å². The highest BCUT2D eigenvalue weighted by Crippen LogP contribution is 2.20. The molecule has 1 atom stereocenters. The maximum Gasteiger partial charge on any atom is 0.324 e. The first kappa shape index (κ1) is 20.7. The number of imide groups is 1. The Morgan fingerprint density at radius 2 is 1.84 bits per heavy atom. The van der Waals surface area contributed by atoms with Crippen molar-refractivity contribution in [3.8, 4) is 0 Å². The van der Waals surface area contributed by atoms with Crippen molar-refractivity contribution in [2.45, 2.75) is 39.2 Å². The van der Waals surface area contributed by atoms with Crippen LogP contribution in [0.5, 0.6) is 0 Å². The van der Waals surface area contributed by atoms with E-state index in [9.17, 15) is 14.4 Å². The third kappa shape index (κ3) is 4.60. The van der Waals surface area contributed by atoms with Gasteiger partial charge in [0.15, 0.2) is 0 Å². The number of aromatic nitrogens is 1. The normalized spacial score (nSPS) is 16.1. The zero-order valence-electron chi connectivity index (χ0n) is 17.7. The van der Waals surface area contributed by atoms with Crippen LogP contribution in [0.25, 0.3) is 10.9 Å². The molecule has 1 fully saturated rings. The van der Waals surface area contributed by atoms with Crippen LogP contribution in [-0.2, 0) is 16.0 Å². The van der Waals surface area contributed by atoms with Crippen LogP contribution in [-0.4, -0.2) is 40.3 Å². The summed E-state index contributed by atoms with van der Waals surface area (Å²) in [6.45, 7) is 4.25. The molecular formula is C24H26N4O3. The maximum absolute atomic E-state index is 12.7. The lowest BCUT2D eigenvalue weighted by Gasteiger charge is -2.13. The molecule has 1 aromatic heterocycles. The maximum atomic E-state index is 12.7. The molecule has 2 aromatic carbocycles. The molecule has 4 amide bonds. The molecule has 0 spiro atoms. The van der Waals surface area contributed by atoms with E-state index < -0.39 is 12.1 Å². The molecule has 7 heteroatoms. The van der Waals surface area contributed by atoms with Crippen LogP contribution < -0.4 is 10.6 Å². The molecule has 3 aromatic rings. The van der Waals surface area contributed by atoms with E-state index >= 15 is 0 Å². The molecule has 2 heterocycles. The highest BCUT2D eigenvalue weighted by atomic mass is 16.2. The molecule has 31 heavy (non-hydrogen) atoms. The number of carbonyl (C=O) groups excluding carboxylic acids is 3. The molecule has 1 aliphatic heterocycles. The first-order valence-electron chi connectivity index (χ1n) is 10.5. The molecule has 0 unspecified atom stereocenters. The standard InChI is InChI=1S/C24H26N4O3/c1-15-11-16(2)13-18(12-15)26-22(29)8-7-21-23(30)28(24(31)27-21)10-9-17-14-25-20-6-4-3-5-19(17)20/h3-6,11-14,21,25H,7-10H2,1-2H3,(H,26,29)(H,27,31)/t21-/m1/s1. The van der Waals surface area contributed by atoms with Crippen LogP contribution >= 0.6 is 0 Å². The second-order valence-electron chi connectivity index (χ2n) is 8.06. The van der Waals surface area contributed by atoms with Crippen LogP contribution in [0, 0.1) is 13.8 Å². The summed E-state index contributed by atoms with van der Waals surface area (Å²) < 4.78 is 0. The van der Waals surface area contributed by atoms with E-state index in [0.29, 0.717) is 13.0 Å². The number of urea groups is 1. The lowest BCUT2D eigenvalue weighted by Crippen LogP contribution is -2.33. The predicted molar refractivity (Wildman–Crippen MR) is 120 cm³/mol. The Kier molecular flexibility index (Phi) is 5.75. The number of amides is 4. The van der Waals surface area contributed by atoms with Gasteiger partial charge >= 0.3 is 6.03 Å². The number of H-pyrrole nitrogens is 1. The molecule has 160 valence electrons. The van der Waals surface area contributed by atoms with Crippen molar-refractivity contribution < 1.29 is 14.4 Å². The summed E-state index contributed by atoms with van der Waals surface area (Å²) in [4.78, 5) is 41.8. The third-order valence-electron chi connectivity index (χ3n) is 5.55. The number of nitrogens with one attached hydrogen (secondary N) is 3. The number of anilines is 1. The van der Waals surface area contributed by atoms with Crippen molar-refractivity contribution in [2.24, 2.45) is 0 Å². The largest absolute Gasteiger partial charge is 0.361 e. The number of nitrogens with zero attached hydrogens (tertiary/aromatic N) is 1. The molecule has 1 aliphatic rings. The molecule has 0 aliphatic carbocycles. The molecular weight excluding hydrogens is 392 g/mol. The highest BCUT2D eigenvalue weighted by molar-refractivity contribution is 6.04. The second kappa shape index (κ2) is 8.63. The molecule has 7 nitrogen and oxygen atoms in total. The molecule has 1 saturated heterocycles. The summed E-state index contributed by atoms with van der Waals surface area (Å²) in [5, 5.41) is 6.67. The van der Waals surface area contributed by atoms with Gasteiger partial charge in [0.05, 0.1) is 0 Å². The minimum absolute atomic E-state index is 0.153.